The molecule has 0 saturated carbocycles. The summed E-state index contributed by atoms with van der Waals surface area (Å²) in [6, 6.07) is 6.58. The summed E-state index contributed by atoms with van der Waals surface area (Å²) in [6.45, 7) is 0. The quantitative estimate of drug-likeness (QED) is 0.508. The van der Waals surface area contributed by atoms with E-state index < -0.39 is 18.2 Å². The van der Waals surface area contributed by atoms with Gasteiger partial charge in [-0.1, -0.05) is 12.1 Å². The number of hydrogen-bond acceptors (Lipinski definition) is 7. The summed E-state index contributed by atoms with van der Waals surface area (Å²) in [6.07, 6.45) is 0.00233. The van der Waals surface area contributed by atoms with Crippen molar-refractivity contribution in [1.29, 1.82) is 0 Å². The summed E-state index contributed by atoms with van der Waals surface area (Å²) in [5, 5.41) is 19.8. The molecule has 11 heteroatoms. The van der Waals surface area contributed by atoms with Crippen molar-refractivity contribution in [2.75, 3.05) is 7.05 Å². The van der Waals surface area contributed by atoms with Crippen LogP contribution >= 0.6 is 0 Å². The largest absolute Gasteiger partial charge is 0.415 e. The van der Waals surface area contributed by atoms with Gasteiger partial charge >= 0.3 is 6.43 Å². The van der Waals surface area contributed by atoms with Gasteiger partial charge in [-0.25, -0.2) is 5.01 Å². The first-order valence-electron chi connectivity index (χ1n) is 7.34. The van der Waals surface area contributed by atoms with Crippen molar-refractivity contribution in [1.82, 2.24) is 30.2 Å². The van der Waals surface area contributed by atoms with Gasteiger partial charge in [0.2, 0.25) is 5.89 Å². The van der Waals surface area contributed by atoms with Crippen molar-refractivity contribution >= 4 is 12.1 Å². The zero-order valence-corrected chi connectivity index (χ0v) is 13.7. The van der Waals surface area contributed by atoms with Crippen LogP contribution in [0, 0.1) is 0 Å². The van der Waals surface area contributed by atoms with E-state index in [0.717, 1.165) is 5.01 Å². The van der Waals surface area contributed by atoms with Crippen LogP contribution in [0.1, 0.15) is 28.4 Å². The summed E-state index contributed by atoms with van der Waals surface area (Å²) >= 11 is 0. The molecule has 26 heavy (non-hydrogen) atoms. The van der Waals surface area contributed by atoms with Gasteiger partial charge in [-0.2, -0.15) is 23.8 Å². The Labute approximate surface area is 145 Å². The van der Waals surface area contributed by atoms with Crippen LogP contribution in [0.15, 0.2) is 40.0 Å². The monoisotopic (exact) mass is 361 g/mol. The van der Waals surface area contributed by atoms with E-state index in [0.29, 0.717) is 11.1 Å². The van der Waals surface area contributed by atoms with Gasteiger partial charge in [-0.3, -0.25) is 4.79 Å². The Kier molecular flexibility index (Phi) is 4.78. The molecule has 0 radical (unpaired) electrons. The fourth-order valence-corrected chi connectivity index (χ4v) is 1.97. The van der Waals surface area contributed by atoms with Gasteiger partial charge in [0.1, 0.15) is 0 Å². The number of hydrogen-bond donors (Lipinski definition) is 0. The number of amides is 1. The fourth-order valence-electron chi connectivity index (χ4n) is 1.97. The molecule has 0 fully saturated rings. The standard InChI is InChI=1S/C15H13F2N7O2/c1-23(15(25)11-8-19-24(2)22-11)18-7-9-3-5-10(6-4-9)13-20-21-14(26-13)12(16)17/h3-8,12H,1-2H3/b18-7+. The molecule has 134 valence electrons. The maximum Gasteiger partial charge on any atom is 0.314 e. The summed E-state index contributed by atoms with van der Waals surface area (Å²) in [7, 11) is 3.10. The van der Waals surface area contributed by atoms with E-state index in [1.165, 1.54) is 24.3 Å². The van der Waals surface area contributed by atoms with E-state index in [4.69, 9.17) is 4.42 Å². The second-order valence-electron chi connectivity index (χ2n) is 5.16. The Hall–Kier alpha value is -3.50. The zero-order chi connectivity index (χ0) is 18.7. The molecule has 2 heterocycles. The summed E-state index contributed by atoms with van der Waals surface area (Å²) in [5.74, 6) is -1.13. The minimum atomic E-state index is -2.81. The third kappa shape index (κ3) is 3.77. The average Bonchev–Trinajstić information content (AvgIpc) is 3.29. The van der Waals surface area contributed by atoms with E-state index in [1.807, 2.05) is 0 Å². The molecule has 3 aromatic rings. The molecule has 1 aromatic carbocycles. The van der Waals surface area contributed by atoms with Crippen LogP contribution < -0.4 is 0 Å². The topological polar surface area (TPSA) is 102 Å². The normalized spacial score (nSPS) is 11.4. The van der Waals surface area contributed by atoms with Crippen LogP contribution in [-0.4, -0.2) is 49.4 Å². The van der Waals surface area contributed by atoms with Crippen molar-refractivity contribution in [2.45, 2.75) is 6.43 Å². The van der Waals surface area contributed by atoms with Crippen molar-refractivity contribution in [2.24, 2.45) is 12.1 Å². The number of carbonyl (C=O) groups excluding carboxylic acids is 1. The molecule has 0 aliphatic carbocycles. The SMILES string of the molecule is CN(/N=C/c1ccc(-c2nnc(C(F)F)o2)cc1)C(=O)c1cnn(C)n1. The Balaban J connectivity index is 1.68. The van der Waals surface area contributed by atoms with Crippen molar-refractivity contribution in [3.63, 3.8) is 0 Å². The number of alkyl halides is 2. The number of carbonyl (C=O) groups is 1. The van der Waals surface area contributed by atoms with Gasteiger partial charge in [0.25, 0.3) is 11.8 Å². The maximum absolute atomic E-state index is 12.5. The lowest BCUT2D eigenvalue weighted by Crippen LogP contribution is -2.22. The Bertz CT molecular complexity index is 934. The third-order valence-corrected chi connectivity index (χ3v) is 3.28. The minimum Gasteiger partial charge on any atom is -0.415 e. The van der Waals surface area contributed by atoms with Crippen LogP contribution in [0.25, 0.3) is 11.5 Å². The number of rotatable bonds is 5. The van der Waals surface area contributed by atoms with Crippen LogP contribution in [0.3, 0.4) is 0 Å². The van der Waals surface area contributed by atoms with Crippen LogP contribution in [0.5, 0.6) is 0 Å². The molecule has 0 atom stereocenters. The summed E-state index contributed by atoms with van der Waals surface area (Å²) in [5.41, 5.74) is 1.35. The first kappa shape index (κ1) is 17.3. The van der Waals surface area contributed by atoms with E-state index in [-0.39, 0.29) is 11.6 Å². The van der Waals surface area contributed by atoms with Crippen LogP contribution in [0.4, 0.5) is 8.78 Å². The number of nitrogens with zero attached hydrogens (tertiary/aromatic N) is 7. The van der Waals surface area contributed by atoms with E-state index in [2.05, 4.69) is 25.5 Å². The number of halogens is 2. The van der Waals surface area contributed by atoms with Crippen molar-refractivity contribution < 1.29 is 18.0 Å². The zero-order valence-electron chi connectivity index (χ0n) is 13.7. The molecule has 2 aromatic heterocycles. The number of benzene rings is 1. The highest BCUT2D eigenvalue weighted by Crippen LogP contribution is 2.23. The second-order valence-corrected chi connectivity index (χ2v) is 5.16. The molecule has 0 aliphatic rings. The number of aryl methyl sites for hydroxylation is 1. The van der Waals surface area contributed by atoms with Gasteiger partial charge in [0.05, 0.1) is 12.4 Å². The molecule has 0 bridgehead atoms. The summed E-state index contributed by atoms with van der Waals surface area (Å²) < 4.78 is 29.8. The molecule has 3 rings (SSSR count). The Morgan fingerprint density at radius 1 is 1.31 bits per heavy atom. The predicted octanol–water partition coefficient (Wildman–Crippen LogP) is 1.91. The average molecular weight is 361 g/mol. The summed E-state index contributed by atoms with van der Waals surface area (Å²) in [4.78, 5) is 13.4. The molecule has 1 amide bonds. The van der Waals surface area contributed by atoms with Gasteiger partial charge in [-0.15, -0.1) is 15.3 Å². The molecular weight excluding hydrogens is 348 g/mol. The minimum absolute atomic E-state index is 0.00117. The lowest BCUT2D eigenvalue weighted by atomic mass is 10.1. The molecule has 9 nitrogen and oxygen atoms in total. The van der Waals surface area contributed by atoms with Crippen molar-refractivity contribution in [3.8, 4) is 11.5 Å². The predicted molar refractivity (Wildman–Crippen MR) is 85.4 cm³/mol. The van der Waals surface area contributed by atoms with Gasteiger partial charge in [-0.05, 0) is 17.7 Å². The molecule has 0 N–H and O–H groups in total. The molecular formula is C15H13F2N7O2. The van der Waals surface area contributed by atoms with Crippen LogP contribution in [0.2, 0.25) is 0 Å². The smallest absolute Gasteiger partial charge is 0.314 e. The molecule has 0 aliphatic heterocycles. The number of aromatic nitrogens is 5. The lowest BCUT2D eigenvalue weighted by Gasteiger charge is -2.08. The Morgan fingerprint density at radius 2 is 2.04 bits per heavy atom. The fraction of sp³-hybridized carbons (Fsp3) is 0.200. The van der Waals surface area contributed by atoms with E-state index in [1.54, 1.807) is 31.3 Å². The third-order valence-electron chi connectivity index (χ3n) is 3.28. The van der Waals surface area contributed by atoms with Crippen molar-refractivity contribution in [3.05, 3.63) is 47.6 Å². The highest BCUT2D eigenvalue weighted by atomic mass is 19.3. The first-order chi connectivity index (χ1) is 12.4. The molecule has 0 saturated heterocycles. The Morgan fingerprint density at radius 3 is 2.62 bits per heavy atom. The maximum atomic E-state index is 12.5. The van der Waals surface area contributed by atoms with Crippen LogP contribution in [-0.2, 0) is 7.05 Å². The van der Waals surface area contributed by atoms with Gasteiger partial charge in [0, 0.05) is 19.7 Å². The van der Waals surface area contributed by atoms with E-state index >= 15 is 0 Å². The highest BCUT2D eigenvalue weighted by Gasteiger charge is 2.17. The van der Waals surface area contributed by atoms with Gasteiger partial charge < -0.3 is 4.42 Å². The second kappa shape index (κ2) is 7.17. The van der Waals surface area contributed by atoms with E-state index in [9.17, 15) is 13.6 Å². The first-order valence-corrected chi connectivity index (χ1v) is 7.34. The molecule has 0 unspecified atom stereocenters. The number of hydrazone groups is 1. The van der Waals surface area contributed by atoms with Gasteiger partial charge in [0.15, 0.2) is 5.69 Å². The molecule has 0 spiro atoms. The lowest BCUT2D eigenvalue weighted by molar-refractivity contribution is 0.0793. The highest BCUT2D eigenvalue weighted by molar-refractivity contribution is 5.92.